The molecule has 1 aromatic heterocycles. The summed E-state index contributed by atoms with van der Waals surface area (Å²) in [5.74, 6) is -0.234. The predicted octanol–water partition coefficient (Wildman–Crippen LogP) is 3.29. The second kappa shape index (κ2) is 7.53. The summed E-state index contributed by atoms with van der Waals surface area (Å²) in [5, 5.41) is 2.85. The van der Waals surface area contributed by atoms with Gasteiger partial charge in [-0.05, 0) is 42.0 Å². The minimum atomic E-state index is -0.319. The number of H-pyrrole nitrogens is 1. The standard InChI is InChI=1S/C24H18N4O3/c29-22(25-13-21-26-19-10-3-4-11-20(19)27-21)16-7-5-6-15(12-16)14-28-23(30)17-8-1-2-9-18(17)24(28)31/h1-12H,13-14H2,(H,25,29)(H,26,27). The van der Waals surface area contributed by atoms with Gasteiger partial charge in [0, 0.05) is 5.56 Å². The van der Waals surface area contributed by atoms with Gasteiger partial charge in [-0.1, -0.05) is 36.4 Å². The van der Waals surface area contributed by atoms with Crippen molar-refractivity contribution in [3.63, 3.8) is 0 Å². The van der Waals surface area contributed by atoms with Crippen molar-refractivity contribution in [2.45, 2.75) is 13.1 Å². The minimum Gasteiger partial charge on any atom is -0.345 e. The van der Waals surface area contributed by atoms with Gasteiger partial charge >= 0.3 is 0 Å². The Morgan fingerprint density at radius 1 is 0.903 bits per heavy atom. The lowest BCUT2D eigenvalue weighted by atomic mass is 10.1. The average molecular weight is 410 g/mol. The zero-order chi connectivity index (χ0) is 21.4. The van der Waals surface area contributed by atoms with Crippen LogP contribution in [-0.4, -0.2) is 32.6 Å². The Hall–Kier alpha value is -4.26. The molecule has 0 spiro atoms. The number of fused-ring (bicyclic) bond motifs is 2. The highest BCUT2D eigenvalue weighted by molar-refractivity contribution is 6.21. The molecule has 4 aromatic rings. The number of para-hydroxylation sites is 2. The zero-order valence-corrected chi connectivity index (χ0v) is 16.5. The summed E-state index contributed by atoms with van der Waals surface area (Å²) < 4.78 is 0. The lowest BCUT2D eigenvalue weighted by Gasteiger charge is -2.14. The van der Waals surface area contributed by atoms with Crippen molar-refractivity contribution in [1.82, 2.24) is 20.2 Å². The second-order valence-corrected chi connectivity index (χ2v) is 7.33. The van der Waals surface area contributed by atoms with Gasteiger partial charge in [0.15, 0.2) is 0 Å². The molecule has 7 nitrogen and oxygen atoms in total. The number of hydrogen-bond donors (Lipinski definition) is 2. The molecule has 2 N–H and O–H groups in total. The molecular weight excluding hydrogens is 392 g/mol. The molecule has 0 saturated heterocycles. The molecule has 0 atom stereocenters. The number of nitrogens with one attached hydrogen (secondary N) is 2. The lowest BCUT2D eigenvalue weighted by molar-refractivity contribution is 0.0642. The van der Waals surface area contributed by atoms with E-state index in [0.717, 1.165) is 11.0 Å². The topological polar surface area (TPSA) is 95.2 Å². The second-order valence-electron chi connectivity index (χ2n) is 7.33. The van der Waals surface area contributed by atoms with Crippen LogP contribution in [0.3, 0.4) is 0 Å². The number of aromatic amines is 1. The summed E-state index contributed by atoms with van der Waals surface area (Å²) >= 11 is 0. The van der Waals surface area contributed by atoms with Gasteiger partial charge < -0.3 is 10.3 Å². The molecule has 5 rings (SSSR count). The Labute approximate surface area is 177 Å². The first-order chi connectivity index (χ1) is 15.1. The highest BCUT2D eigenvalue weighted by atomic mass is 16.2. The van der Waals surface area contributed by atoms with Gasteiger partial charge in [-0.2, -0.15) is 0 Å². The van der Waals surface area contributed by atoms with Crippen LogP contribution in [0.4, 0.5) is 0 Å². The summed E-state index contributed by atoms with van der Waals surface area (Å²) in [6.07, 6.45) is 0. The molecule has 0 radical (unpaired) electrons. The fourth-order valence-electron chi connectivity index (χ4n) is 3.73. The van der Waals surface area contributed by atoms with E-state index in [4.69, 9.17) is 0 Å². The SMILES string of the molecule is O=C(NCc1nc2ccccc2[nH]1)c1cccc(CN2C(=O)c3ccccc3C2=O)c1. The minimum absolute atomic E-state index is 0.108. The maximum Gasteiger partial charge on any atom is 0.261 e. The molecule has 2 heterocycles. The number of rotatable bonds is 5. The van der Waals surface area contributed by atoms with Crippen LogP contribution < -0.4 is 5.32 Å². The van der Waals surface area contributed by atoms with Crippen LogP contribution in [0.5, 0.6) is 0 Å². The Kier molecular flexibility index (Phi) is 4.55. The first kappa shape index (κ1) is 18.7. The molecule has 0 aliphatic carbocycles. The van der Waals surface area contributed by atoms with Crippen molar-refractivity contribution in [1.29, 1.82) is 0 Å². The van der Waals surface area contributed by atoms with Crippen LogP contribution in [-0.2, 0) is 13.1 Å². The lowest BCUT2D eigenvalue weighted by Crippen LogP contribution is -2.29. The molecule has 3 aromatic carbocycles. The molecule has 7 heteroatoms. The summed E-state index contributed by atoms with van der Waals surface area (Å²) in [7, 11) is 0. The third-order valence-electron chi connectivity index (χ3n) is 5.26. The van der Waals surface area contributed by atoms with Crippen LogP contribution in [0.15, 0.2) is 72.8 Å². The fourth-order valence-corrected chi connectivity index (χ4v) is 3.73. The average Bonchev–Trinajstić information content (AvgIpc) is 3.32. The van der Waals surface area contributed by atoms with E-state index >= 15 is 0 Å². The largest absolute Gasteiger partial charge is 0.345 e. The normalized spacial score (nSPS) is 13.0. The van der Waals surface area contributed by atoms with E-state index in [0.29, 0.717) is 28.1 Å². The molecule has 152 valence electrons. The van der Waals surface area contributed by atoms with Crippen LogP contribution in [0, 0.1) is 0 Å². The molecule has 0 unspecified atom stereocenters. The van der Waals surface area contributed by atoms with Crippen LogP contribution >= 0.6 is 0 Å². The smallest absolute Gasteiger partial charge is 0.261 e. The highest BCUT2D eigenvalue weighted by Gasteiger charge is 2.34. The van der Waals surface area contributed by atoms with Gasteiger partial charge in [-0.3, -0.25) is 19.3 Å². The van der Waals surface area contributed by atoms with Crippen molar-refractivity contribution >= 4 is 28.8 Å². The predicted molar refractivity (Wildman–Crippen MR) is 114 cm³/mol. The number of imidazole rings is 1. The number of carbonyl (C=O) groups is 3. The number of imide groups is 1. The van der Waals surface area contributed by atoms with Crippen LogP contribution in [0.1, 0.15) is 42.5 Å². The Balaban J connectivity index is 1.28. The summed E-state index contributed by atoms with van der Waals surface area (Å²) in [6, 6.07) is 21.3. The van der Waals surface area contributed by atoms with Gasteiger partial charge in [-0.25, -0.2) is 4.98 Å². The van der Waals surface area contributed by atoms with Crippen LogP contribution in [0.25, 0.3) is 11.0 Å². The zero-order valence-electron chi connectivity index (χ0n) is 16.5. The van der Waals surface area contributed by atoms with Gasteiger partial charge in [-0.15, -0.1) is 0 Å². The molecule has 0 bridgehead atoms. The summed E-state index contributed by atoms with van der Waals surface area (Å²) in [6.45, 7) is 0.368. The van der Waals surface area contributed by atoms with Crippen molar-refractivity contribution in [3.8, 4) is 0 Å². The van der Waals surface area contributed by atoms with E-state index in [1.165, 1.54) is 4.90 Å². The number of carbonyl (C=O) groups excluding carboxylic acids is 3. The first-order valence-electron chi connectivity index (χ1n) is 9.86. The molecule has 1 aliphatic heterocycles. The van der Waals surface area contributed by atoms with E-state index in [1.54, 1.807) is 48.5 Å². The van der Waals surface area contributed by atoms with Gasteiger partial charge in [0.25, 0.3) is 17.7 Å². The first-order valence-corrected chi connectivity index (χ1v) is 9.86. The van der Waals surface area contributed by atoms with E-state index in [1.807, 2.05) is 24.3 Å². The summed E-state index contributed by atoms with van der Waals surface area (Å²) in [4.78, 5) is 46.6. The molecule has 0 fully saturated rings. The monoisotopic (exact) mass is 410 g/mol. The summed E-state index contributed by atoms with van der Waals surface area (Å²) in [5.41, 5.74) is 3.72. The van der Waals surface area contributed by atoms with Gasteiger partial charge in [0.05, 0.1) is 35.2 Å². The van der Waals surface area contributed by atoms with Crippen molar-refractivity contribution in [3.05, 3.63) is 101 Å². The third kappa shape index (κ3) is 3.46. The number of benzene rings is 3. The number of hydrogen-bond acceptors (Lipinski definition) is 4. The van der Waals surface area contributed by atoms with E-state index in [2.05, 4.69) is 15.3 Å². The fraction of sp³-hybridized carbons (Fsp3) is 0.0833. The molecular formula is C24H18N4O3. The maximum absolute atomic E-state index is 12.6. The third-order valence-corrected chi connectivity index (χ3v) is 5.26. The molecule has 31 heavy (non-hydrogen) atoms. The molecule has 0 saturated carbocycles. The van der Waals surface area contributed by atoms with Crippen LogP contribution in [0.2, 0.25) is 0 Å². The highest BCUT2D eigenvalue weighted by Crippen LogP contribution is 2.24. The molecule has 1 aliphatic rings. The number of aromatic nitrogens is 2. The maximum atomic E-state index is 12.6. The molecule has 3 amide bonds. The van der Waals surface area contributed by atoms with Gasteiger partial charge in [0.1, 0.15) is 5.82 Å². The van der Waals surface area contributed by atoms with Gasteiger partial charge in [0.2, 0.25) is 0 Å². The van der Waals surface area contributed by atoms with Crippen molar-refractivity contribution in [2.24, 2.45) is 0 Å². The Bertz CT molecular complexity index is 1270. The quantitative estimate of drug-likeness (QED) is 0.494. The van der Waals surface area contributed by atoms with Crippen molar-refractivity contribution in [2.75, 3.05) is 0 Å². The van der Waals surface area contributed by atoms with E-state index < -0.39 is 0 Å². The number of nitrogens with zero attached hydrogens (tertiary/aromatic N) is 2. The number of amides is 3. The van der Waals surface area contributed by atoms with Crippen molar-refractivity contribution < 1.29 is 14.4 Å². The van der Waals surface area contributed by atoms with E-state index in [9.17, 15) is 14.4 Å². The Morgan fingerprint density at radius 3 is 2.35 bits per heavy atom. The Morgan fingerprint density at radius 2 is 1.61 bits per heavy atom. The van der Waals surface area contributed by atoms with E-state index in [-0.39, 0.29) is 30.8 Å².